The van der Waals surface area contributed by atoms with Crippen molar-refractivity contribution in [2.75, 3.05) is 5.32 Å². The summed E-state index contributed by atoms with van der Waals surface area (Å²) in [6.07, 6.45) is 0. The van der Waals surface area contributed by atoms with E-state index in [2.05, 4.69) is 5.32 Å². The Kier molecular flexibility index (Phi) is 3.17. The van der Waals surface area contributed by atoms with Crippen LogP contribution in [0.4, 0.5) is 5.69 Å². The molecule has 0 saturated carbocycles. The van der Waals surface area contributed by atoms with Crippen LogP contribution in [-0.4, -0.2) is 24.0 Å². The van der Waals surface area contributed by atoms with Gasteiger partial charge in [-0.15, -0.1) is 0 Å². The maximum Gasteiger partial charge on any atom is 0.295 e. The molecule has 3 N–H and O–H groups in total. The molecule has 2 aromatic carbocycles. The van der Waals surface area contributed by atoms with E-state index < -0.39 is 26.7 Å². The number of carbonyl (C=O) groups is 1. The van der Waals surface area contributed by atoms with Gasteiger partial charge in [0.2, 0.25) is 5.91 Å². The third-order valence-electron chi connectivity index (χ3n) is 2.56. The van der Waals surface area contributed by atoms with Gasteiger partial charge in [-0.1, -0.05) is 24.3 Å². The van der Waals surface area contributed by atoms with Gasteiger partial charge in [0.1, 0.15) is 10.6 Å². The van der Waals surface area contributed by atoms with Crippen LogP contribution in [0, 0.1) is 0 Å². The lowest BCUT2D eigenvalue weighted by atomic mass is 10.1. The predicted molar refractivity (Wildman–Crippen MR) is 69.7 cm³/mol. The summed E-state index contributed by atoms with van der Waals surface area (Å²) in [4.78, 5) is 10.7. The first-order valence-corrected chi connectivity index (χ1v) is 6.74. The molecule has 2 rings (SSSR count). The molecule has 0 heterocycles. The third-order valence-corrected chi connectivity index (χ3v) is 3.46. The quantitative estimate of drug-likeness (QED) is 0.574. The molecule has 1 amide bonds. The topological polar surface area (TPSA) is 104 Å². The SMILES string of the molecule is CC(=O)Nc1c(O)cc(S(=O)(=O)O)c2ccccc12. The van der Waals surface area contributed by atoms with Gasteiger partial charge in [-0.3, -0.25) is 9.35 Å². The molecular weight excluding hydrogens is 270 g/mol. The zero-order chi connectivity index (χ0) is 14.2. The highest BCUT2D eigenvalue weighted by atomic mass is 32.2. The number of phenolic OH excluding ortho intramolecular Hbond substituents is 1. The van der Waals surface area contributed by atoms with Crippen LogP contribution in [0.2, 0.25) is 0 Å². The normalized spacial score (nSPS) is 11.5. The van der Waals surface area contributed by atoms with E-state index in [0.717, 1.165) is 6.07 Å². The van der Waals surface area contributed by atoms with E-state index in [9.17, 15) is 18.3 Å². The molecule has 0 aliphatic carbocycles. The zero-order valence-electron chi connectivity index (χ0n) is 9.91. The summed E-state index contributed by atoms with van der Waals surface area (Å²) in [6, 6.07) is 7.13. The van der Waals surface area contributed by atoms with E-state index >= 15 is 0 Å². The van der Waals surface area contributed by atoms with E-state index in [1.807, 2.05) is 0 Å². The lowest BCUT2D eigenvalue weighted by molar-refractivity contribution is -0.114. The van der Waals surface area contributed by atoms with Crippen molar-refractivity contribution in [2.24, 2.45) is 0 Å². The smallest absolute Gasteiger partial charge is 0.295 e. The van der Waals surface area contributed by atoms with Crippen LogP contribution >= 0.6 is 0 Å². The summed E-state index contributed by atoms with van der Waals surface area (Å²) < 4.78 is 31.7. The van der Waals surface area contributed by atoms with Gasteiger partial charge in [-0.2, -0.15) is 8.42 Å². The van der Waals surface area contributed by atoms with E-state index in [1.54, 1.807) is 12.1 Å². The molecule has 0 unspecified atom stereocenters. The minimum atomic E-state index is -4.47. The largest absolute Gasteiger partial charge is 0.506 e. The van der Waals surface area contributed by atoms with Crippen LogP contribution in [0.5, 0.6) is 5.75 Å². The van der Waals surface area contributed by atoms with Crippen LogP contribution in [0.1, 0.15) is 6.92 Å². The van der Waals surface area contributed by atoms with Gasteiger partial charge in [0.25, 0.3) is 10.1 Å². The van der Waals surface area contributed by atoms with Crippen molar-refractivity contribution in [1.29, 1.82) is 0 Å². The number of rotatable bonds is 2. The Hall–Kier alpha value is -2.12. The first-order chi connectivity index (χ1) is 8.80. The van der Waals surface area contributed by atoms with Crippen LogP contribution in [0.15, 0.2) is 35.2 Å². The molecule has 0 atom stereocenters. The lowest BCUT2D eigenvalue weighted by Crippen LogP contribution is -2.08. The van der Waals surface area contributed by atoms with Crippen molar-refractivity contribution < 1.29 is 22.9 Å². The average Bonchev–Trinajstić information content (AvgIpc) is 2.30. The second kappa shape index (κ2) is 4.52. The number of fused-ring (bicyclic) bond motifs is 1. The van der Waals surface area contributed by atoms with Gasteiger partial charge in [0.15, 0.2) is 0 Å². The van der Waals surface area contributed by atoms with Gasteiger partial charge >= 0.3 is 0 Å². The molecule has 6 nitrogen and oxygen atoms in total. The average molecular weight is 281 g/mol. The number of hydrogen-bond acceptors (Lipinski definition) is 4. The molecule has 0 spiro atoms. The minimum absolute atomic E-state index is 0.107. The van der Waals surface area contributed by atoms with Gasteiger partial charge in [0, 0.05) is 23.8 Å². The van der Waals surface area contributed by atoms with E-state index in [1.165, 1.54) is 19.1 Å². The molecule has 2 aromatic rings. The Morgan fingerprint density at radius 3 is 2.32 bits per heavy atom. The molecule has 0 aromatic heterocycles. The summed E-state index contributed by atoms with van der Waals surface area (Å²) in [6.45, 7) is 1.27. The zero-order valence-corrected chi connectivity index (χ0v) is 10.7. The highest BCUT2D eigenvalue weighted by Crippen LogP contribution is 2.36. The number of carbonyl (C=O) groups excluding carboxylic acids is 1. The van der Waals surface area contributed by atoms with Gasteiger partial charge in [0.05, 0.1) is 5.69 Å². The molecule has 0 radical (unpaired) electrons. The summed E-state index contributed by atoms with van der Waals surface area (Å²) >= 11 is 0. The Labute approximate surface area is 109 Å². The Morgan fingerprint density at radius 2 is 1.79 bits per heavy atom. The maximum atomic E-state index is 11.3. The molecule has 100 valence electrons. The first kappa shape index (κ1) is 13.3. The first-order valence-electron chi connectivity index (χ1n) is 5.30. The van der Waals surface area contributed by atoms with Crippen LogP contribution in [0.25, 0.3) is 10.8 Å². The van der Waals surface area contributed by atoms with Crippen molar-refractivity contribution in [1.82, 2.24) is 0 Å². The number of phenols is 1. The number of nitrogens with one attached hydrogen (secondary N) is 1. The predicted octanol–water partition coefficient (Wildman–Crippen LogP) is 1.75. The van der Waals surface area contributed by atoms with Crippen molar-refractivity contribution in [3.8, 4) is 5.75 Å². The fourth-order valence-corrected chi connectivity index (χ4v) is 2.57. The molecule has 19 heavy (non-hydrogen) atoms. The Bertz CT molecular complexity index is 767. The monoisotopic (exact) mass is 281 g/mol. The number of hydrogen-bond donors (Lipinski definition) is 3. The molecule has 0 bridgehead atoms. The molecule has 0 aliphatic heterocycles. The summed E-state index contributed by atoms with van der Waals surface area (Å²) in [5.74, 6) is -0.832. The number of benzene rings is 2. The van der Waals surface area contributed by atoms with Gasteiger partial charge < -0.3 is 10.4 Å². The summed E-state index contributed by atoms with van der Waals surface area (Å²) in [7, 11) is -4.47. The number of aromatic hydroxyl groups is 1. The van der Waals surface area contributed by atoms with Crippen molar-refractivity contribution in [2.45, 2.75) is 11.8 Å². The van der Waals surface area contributed by atoms with Crippen molar-refractivity contribution >= 4 is 32.5 Å². The molecular formula is C12H11NO5S. The highest BCUT2D eigenvalue weighted by molar-refractivity contribution is 7.86. The van der Waals surface area contributed by atoms with E-state index in [-0.39, 0.29) is 11.1 Å². The Balaban J connectivity index is 2.89. The van der Waals surface area contributed by atoms with Crippen molar-refractivity contribution in [3.05, 3.63) is 30.3 Å². The minimum Gasteiger partial charge on any atom is -0.506 e. The molecule has 0 aliphatic rings. The second-order valence-corrected chi connectivity index (χ2v) is 5.36. The number of amides is 1. The standard InChI is InChI=1S/C12H11NO5S/c1-7(14)13-12-9-5-3-2-4-8(9)11(6-10(12)15)19(16,17)18/h2-6,15H,1H3,(H,13,14)(H,16,17,18). The fraction of sp³-hybridized carbons (Fsp3) is 0.0833. The van der Waals surface area contributed by atoms with E-state index in [0.29, 0.717) is 5.39 Å². The molecule has 0 fully saturated rings. The van der Waals surface area contributed by atoms with Gasteiger partial charge in [-0.25, -0.2) is 0 Å². The maximum absolute atomic E-state index is 11.3. The van der Waals surface area contributed by atoms with Gasteiger partial charge in [-0.05, 0) is 0 Å². The summed E-state index contributed by atoms with van der Waals surface area (Å²) in [5.41, 5.74) is 0.107. The molecule has 0 saturated heterocycles. The van der Waals surface area contributed by atoms with Crippen LogP contribution < -0.4 is 5.32 Å². The van der Waals surface area contributed by atoms with Crippen LogP contribution in [-0.2, 0) is 14.9 Å². The van der Waals surface area contributed by atoms with E-state index in [4.69, 9.17) is 4.55 Å². The second-order valence-electron chi connectivity index (χ2n) is 3.97. The molecule has 7 heteroatoms. The third kappa shape index (κ3) is 2.51. The highest BCUT2D eigenvalue weighted by Gasteiger charge is 2.19. The Morgan fingerprint density at radius 1 is 1.21 bits per heavy atom. The number of anilines is 1. The van der Waals surface area contributed by atoms with Crippen LogP contribution in [0.3, 0.4) is 0 Å². The lowest BCUT2D eigenvalue weighted by Gasteiger charge is -2.12. The summed E-state index contributed by atoms with van der Waals surface area (Å²) in [5, 5.41) is 12.8. The van der Waals surface area contributed by atoms with Crippen molar-refractivity contribution in [3.63, 3.8) is 0 Å². The fourth-order valence-electron chi connectivity index (χ4n) is 1.85.